The number of fused-ring (bicyclic) bond motifs is 1. The van der Waals surface area contributed by atoms with Crippen molar-refractivity contribution in [3.8, 4) is 0 Å². The molecule has 0 saturated heterocycles. The van der Waals surface area contributed by atoms with Crippen molar-refractivity contribution in [1.82, 2.24) is 20.3 Å². The highest BCUT2D eigenvalue weighted by Crippen LogP contribution is 2.24. The number of nitrogens with one attached hydrogen (secondary N) is 3. The Hall–Kier alpha value is -2.75. The maximum absolute atomic E-state index is 11.7. The number of aromatic nitrogens is 3. The Labute approximate surface area is 180 Å². The third-order valence-corrected chi connectivity index (χ3v) is 5.95. The van der Waals surface area contributed by atoms with Crippen LogP contribution in [0.5, 0.6) is 0 Å². The first-order chi connectivity index (χ1) is 14.4. The van der Waals surface area contributed by atoms with Crippen molar-refractivity contribution in [1.29, 1.82) is 0 Å². The zero-order valence-corrected chi connectivity index (χ0v) is 17.9. The zero-order chi connectivity index (χ0) is 21.1. The smallest absolute Gasteiger partial charge is 0.229 e. The minimum Gasteiger partial charge on any atom is -0.363 e. The lowest BCUT2D eigenvalue weighted by Gasteiger charge is -2.18. The Morgan fingerprint density at radius 3 is 2.87 bits per heavy atom. The molecule has 1 aliphatic rings. The Morgan fingerprint density at radius 1 is 1.17 bits per heavy atom. The van der Waals surface area contributed by atoms with E-state index in [2.05, 4.69) is 43.0 Å². The van der Waals surface area contributed by atoms with Crippen molar-refractivity contribution in [3.05, 3.63) is 64.4 Å². The van der Waals surface area contributed by atoms with Gasteiger partial charge in [-0.1, -0.05) is 23.7 Å². The molecule has 156 valence electrons. The number of pyridine rings is 1. The summed E-state index contributed by atoms with van der Waals surface area (Å²) in [6, 6.07) is 11.1. The first-order valence-electron chi connectivity index (χ1n) is 9.40. The van der Waals surface area contributed by atoms with Crippen LogP contribution in [-0.4, -0.2) is 36.2 Å². The van der Waals surface area contributed by atoms with Crippen LogP contribution in [0.3, 0.4) is 0 Å². The van der Waals surface area contributed by atoms with Gasteiger partial charge in [-0.05, 0) is 48.4 Å². The Morgan fingerprint density at radius 2 is 2.03 bits per heavy atom. The molecule has 0 spiro atoms. The van der Waals surface area contributed by atoms with E-state index in [1.165, 1.54) is 23.4 Å². The standard InChI is InChI=1S/C20H21ClN6O2S/c1-30(28,29)18-4-2-3-16(25-18)11-23-19-17(21)12-24-20(27-19)26-15-6-5-14-10-22-8-7-13(14)9-15/h2-6,9,12,22H,7-8,10-11H2,1H3,(H2,23,24,26,27). The lowest BCUT2D eigenvalue weighted by Crippen LogP contribution is -2.23. The molecule has 0 aliphatic carbocycles. The quantitative estimate of drug-likeness (QED) is 0.532. The molecule has 0 fully saturated rings. The van der Waals surface area contributed by atoms with Gasteiger partial charge in [0.05, 0.1) is 18.4 Å². The topological polar surface area (TPSA) is 109 Å². The molecule has 0 atom stereocenters. The van der Waals surface area contributed by atoms with E-state index in [9.17, 15) is 8.42 Å². The third-order valence-electron chi connectivity index (χ3n) is 4.69. The second-order valence-electron chi connectivity index (χ2n) is 7.02. The summed E-state index contributed by atoms with van der Waals surface area (Å²) < 4.78 is 23.4. The van der Waals surface area contributed by atoms with Crippen molar-refractivity contribution < 1.29 is 8.42 Å². The molecule has 10 heteroatoms. The highest BCUT2D eigenvalue weighted by molar-refractivity contribution is 7.90. The average Bonchev–Trinajstić information content (AvgIpc) is 2.73. The fourth-order valence-corrected chi connectivity index (χ4v) is 3.94. The molecular formula is C20H21ClN6O2S. The number of halogens is 1. The van der Waals surface area contributed by atoms with Crippen LogP contribution in [0.2, 0.25) is 5.02 Å². The van der Waals surface area contributed by atoms with Gasteiger partial charge in [0, 0.05) is 18.5 Å². The number of sulfone groups is 1. The van der Waals surface area contributed by atoms with Crippen molar-refractivity contribution in [2.75, 3.05) is 23.4 Å². The van der Waals surface area contributed by atoms with E-state index in [-0.39, 0.29) is 11.6 Å². The summed E-state index contributed by atoms with van der Waals surface area (Å²) in [6.45, 7) is 2.12. The number of hydrogen-bond acceptors (Lipinski definition) is 8. The molecule has 0 saturated carbocycles. The predicted molar refractivity (Wildman–Crippen MR) is 117 cm³/mol. The second-order valence-corrected chi connectivity index (χ2v) is 9.39. The molecular weight excluding hydrogens is 424 g/mol. The Balaban J connectivity index is 1.48. The van der Waals surface area contributed by atoms with Gasteiger partial charge in [-0.25, -0.2) is 18.4 Å². The number of benzene rings is 1. The number of hydrogen-bond donors (Lipinski definition) is 3. The Kier molecular flexibility index (Phi) is 5.85. The van der Waals surface area contributed by atoms with Crippen LogP contribution in [-0.2, 0) is 29.3 Å². The van der Waals surface area contributed by atoms with Gasteiger partial charge in [0.1, 0.15) is 5.02 Å². The van der Waals surface area contributed by atoms with Crippen LogP contribution in [0.1, 0.15) is 16.8 Å². The molecule has 3 heterocycles. The van der Waals surface area contributed by atoms with E-state index in [1.54, 1.807) is 12.1 Å². The van der Waals surface area contributed by atoms with Gasteiger partial charge in [0.25, 0.3) is 0 Å². The minimum atomic E-state index is -3.37. The molecule has 0 amide bonds. The van der Waals surface area contributed by atoms with E-state index < -0.39 is 9.84 Å². The van der Waals surface area contributed by atoms with Crippen molar-refractivity contribution >= 4 is 38.9 Å². The highest BCUT2D eigenvalue weighted by atomic mass is 35.5. The summed E-state index contributed by atoms with van der Waals surface area (Å²) in [5.74, 6) is 0.844. The second kappa shape index (κ2) is 8.55. The Bertz CT molecular complexity index is 1190. The summed E-state index contributed by atoms with van der Waals surface area (Å²) in [5.41, 5.74) is 4.08. The molecule has 1 aromatic carbocycles. The monoisotopic (exact) mass is 444 g/mol. The van der Waals surface area contributed by atoms with Crippen LogP contribution in [0, 0.1) is 0 Å². The fourth-order valence-electron chi connectivity index (χ4n) is 3.17. The first-order valence-corrected chi connectivity index (χ1v) is 11.7. The van der Waals surface area contributed by atoms with E-state index in [0.717, 1.165) is 31.5 Å². The molecule has 3 aromatic rings. The van der Waals surface area contributed by atoms with Gasteiger partial charge in [-0.2, -0.15) is 4.98 Å². The van der Waals surface area contributed by atoms with Crippen LogP contribution in [0.4, 0.5) is 17.5 Å². The normalized spacial score (nSPS) is 13.5. The third kappa shape index (κ3) is 4.86. The van der Waals surface area contributed by atoms with Gasteiger partial charge >= 0.3 is 0 Å². The summed E-state index contributed by atoms with van der Waals surface area (Å²) in [4.78, 5) is 12.9. The maximum atomic E-state index is 11.7. The van der Waals surface area contributed by atoms with Crippen LogP contribution in [0.15, 0.2) is 47.6 Å². The van der Waals surface area contributed by atoms with Gasteiger partial charge in [0.15, 0.2) is 20.7 Å². The summed E-state index contributed by atoms with van der Waals surface area (Å²) in [6.07, 6.45) is 3.63. The van der Waals surface area contributed by atoms with Crippen LogP contribution >= 0.6 is 11.6 Å². The molecule has 30 heavy (non-hydrogen) atoms. The van der Waals surface area contributed by atoms with Crippen LogP contribution in [0.25, 0.3) is 0 Å². The minimum absolute atomic E-state index is 0.0283. The number of nitrogens with zero attached hydrogens (tertiary/aromatic N) is 3. The first kappa shape index (κ1) is 20.5. The summed E-state index contributed by atoms with van der Waals surface area (Å²) >= 11 is 6.23. The fraction of sp³-hybridized carbons (Fsp3) is 0.250. The number of rotatable bonds is 6. The van der Waals surface area contributed by atoms with Crippen LogP contribution < -0.4 is 16.0 Å². The molecule has 1 aliphatic heterocycles. The highest BCUT2D eigenvalue weighted by Gasteiger charge is 2.12. The average molecular weight is 445 g/mol. The molecule has 4 rings (SSSR count). The van der Waals surface area contributed by atoms with Crippen molar-refractivity contribution in [3.63, 3.8) is 0 Å². The lowest BCUT2D eigenvalue weighted by molar-refractivity contribution is 0.597. The van der Waals surface area contributed by atoms with Crippen molar-refractivity contribution in [2.45, 2.75) is 24.5 Å². The van der Waals surface area contributed by atoms with E-state index in [4.69, 9.17) is 11.6 Å². The van der Waals surface area contributed by atoms with E-state index >= 15 is 0 Å². The molecule has 0 unspecified atom stereocenters. The molecule has 8 nitrogen and oxygen atoms in total. The van der Waals surface area contributed by atoms with Gasteiger partial charge < -0.3 is 16.0 Å². The summed E-state index contributed by atoms with van der Waals surface area (Å²) in [5, 5.41) is 10.1. The molecule has 0 bridgehead atoms. The molecule has 3 N–H and O–H groups in total. The van der Waals surface area contributed by atoms with Gasteiger partial charge in [-0.3, -0.25) is 0 Å². The van der Waals surface area contributed by atoms with Gasteiger partial charge in [0.2, 0.25) is 5.95 Å². The lowest BCUT2D eigenvalue weighted by atomic mass is 10.0. The van der Waals surface area contributed by atoms with E-state index in [1.807, 2.05) is 6.07 Å². The predicted octanol–water partition coefficient (Wildman–Crippen LogP) is 2.93. The SMILES string of the molecule is CS(=O)(=O)c1cccc(CNc2nc(Nc3ccc4c(c3)CCNC4)ncc2Cl)n1. The zero-order valence-electron chi connectivity index (χ0n) is 16.3. The number of anilines is 3. The van der Waals surface area contributed by atoms with Gasteiger partial charge in [-0.15, -0.1) is 0 Å². The largest absolute Gasteiger partial charge is 0.363 e. The molecule has 2 aromatic heterocycles. The van der Waals surface area contributed by atoms with Crippen molar-refractivity contribution in [2.24, 2.45) is 0 Å². The summed E-state index contributed by atoms with van der Waals surface area (Å²) in [7, 11) is -3.37. The van der Waals surface area contributed by atoms with E-state index in [0.29, 0.717) is 22.5 Å². The maximum Gasteiger partial charge on any atom is 0.229 e. The molecule has 0 radical (unpaired) electrons.